The summed E-state index contributed by atoms with van der Waals surface area (Å²) in [5.74, 6) is -1.09. The van der Waals surface area contributed by atoms with Crippen molar-refractivity contribution in [2.45, 2.75) is 19.3 Å². The minimum atomic E-state index is -0.634. The highest BCUT2D eigenvalue weighted by Gasteiger charge is 2.09. The van der Waals surface area contributed by atoms with Crippen LogP contribution < -0.4 is 0 Å². The second kappa shape index (κ2) is 7.39. The Morgan fingerprint density at radius 3 is 2.05 bits per heavy atom. The molecule has 0 bridgehead atoms. The zero-order valence-electron chi connectivity index (χ0n) is 11.3. The smallest absolute Gasteiger partial charge is 0.195 e. The Kier molecular flexibility index (Phi) is 5.24. The van der Waals surface area contributed by atoms with Crippen LogP contribution >= 0.6 is 0 Å². The number of rotatable bonds is 6. The minimum absolute atomic E-state index is 0.120. The maximum atomic E-state index is 13.7. The summed E-state index contributed by atoms with van der Waals surface area (Å²) in [5, 5.41) is 0. The molecule has 1 nitrogen and oxygen atoms in total. The molecule has 0 spiro atoms. The molecule has 20 heavy (non-hydrogen) atoms. The lowest BCUT2D eigenvalue weighted by atomic mass is 10.1. The van der Waals surface area contributed by atoms with Crippen LogP contribution in [0.2, 0.25) is 0 Å². The van der Waals surface area contributed by atoms with E-state index < -0.39 is 11.6 Å². The lowest BCUT2D eigenvalue weighted by molar-refractivity contribution is -0.116. The van der Waals surface area contributed by atoms with Crippen LogP contribution in [-0.4, -0.2) is 5.78 Å². The Balaban J connectivity index is 1.85. The van der Waals surface area contributed by atoms with Gasteiger partial charge in [-0.25, -0.2) is 4.39 Å². The first-order valence-electron chi connectivity index (χ1n) is 6.72. The number of allylic oxidation sites excluding steroid dienone is 2. The molecule has 2 aromatic carbocycles. The van der Waals surface area contributed by atoms with Gasteiger partial charge in [-0.3, -0.25) is 4.79 Å². The monoisotopic (exact) mass is 268 g/mol. The van der Waals surface area contributed by atoms with E-state index in [0.717, 1.165) is 17.5 Å². The van der Waals surface area contributed by atoms with Gasteiger partial charge in [-0.1, -0.05) is 60.7 Å². The average Bonchev–Trinajstić information content (AvgIpc) is 2.49. The highest BCUT2D eigenvalue weighted by molar-refractivity contribution is 5.94. The molecule has 102 valence electrons. The van der Waals surface area contributed by atoms with Crippen molar-refractivity contribution in [1.82, 2.24) is 0 Å². The van der Waals surface area contributed by atoms with Crippen LogP contribution in [0.3, 0.4) is 0 Å². The fourth-order valence-electron chi connectivity index (χ4n) is 1.99. The number of carbonyl (C=O) groups is 1. The lowest BCUT2D eigenvalue weighted by Crippen LogP contribution is -2.03. The standard InChI is InChI=1S/C18H17FO/c19-17(13-7-12-15-8-3-1-4-9-15)18(20)14-16-10-5-2-6-11-16/h1-6,8-11,13H,7,12,14H2/b17-13-. The second-order valence-electron chi connectivity index (χ2n) is 4.66. The summed E-state index contributed by atoms with van der Waals surface area (Å²) in [6, 6.07) is 19.1. The first kappa shape index (κ1) is 14.2. The van der Waals surface area contributed by atoms with E-state index >= 15 is 0 Å². The molecular formula is C18H17FO. The molecular weight excluding hydrogens is 251 g/mol. The van der Waals surface area contributed by atoms with Crippen molar-refractivity contribution in [3.8, 4) is 0 Å². The van der Waals surface area contributed by atoms with E-state index in [9.17, 15) is 9.18 Å². The fourth-order valence-corrected chi connectivity index (χ4v) is 1.99. The molecule has 2 aromatic rings. The average molecular weight is 268 g/mol. The van der Waals surface area contributed by atoms with Crippen molar-refractivity contribution in [3.63, 3.8) is 0 Å². The predicted octanol–water partition coefficient (Wildman–Crippen LogP) is 4.28. The van der Waals surface area contributed by atoms with Gasteiger partial charge in [-0.05, 0) is 30.0 Å². The van der Waals surface area contributed by atoms with Gasteiger partial charge in [0.25, 0.3) is 0 Å². The number of benzene rings is 2. The molecule has 0 aliphatic carbocycles. The first-order chi connectivity index (χ1) is 9.75. The third-order valence-electron chi connectivity index (χ3n) is 3.07. The van der Waals surface area contributed by atoms with Crippen molar-refractivity contribution in [2.24, 2.45) is 0 Å². The molecule has 0 saturated heterocycles. The van der Waals surface area contributed by atoms with Gasteiger partial charge in [0.1, 0.15) is 0 Å². The summed E-state index contributed by atoms with van der Waals surface area (Å²) < 4.78 is 13.7. The molecule has 2 rings (SSSR count). The van der Waals surface area contributed by atoms with Crippen molar-refractivity contribution in [1.29, 1.82) is 0 Å². The Bertz CT molecular complexity index is 573. The normalized spacial score (nSPS) is 11.3. The lowest BCUT2D eigenvalue weighted by Gasteiger charge is -2.00. The van der Waals surface area contributed by atoms with Gasteiger partial charge in [-0.15, -0.1) is 0 Å². The van der Waals surface area contributed by atoms with Gasteiger partial charge in [0, 0.05) is 6.42 Å². The highest BCUT2D eigenvalue weighted by atomic mass is 19.1. The second-order valence-corrected chi connectivity index (χ2v) is 4.66. The summed E-state index contributed by atoms with van der Waals surface area (Å²) >= 11 is 0. The number of aryl methyl sites for hydroxylation is 1. The van der Waals surface area contributed by atoms with Crippen LogP contribution in [0.1, 0.15) is 17.5 Å². The van der Waals surface area contributed by atoms with Gasteiger partial charge in [0.05, 0.1) is 0 Å². The third kappa shape index (κ3) is 4.47. The molecule has 0 fully saturated rings. The molecule has 0 aliphatic rings. The molecule has 2 heteroatoms. The highest BCUT2D eigenvalue weighted by Crippen LogP contribution is 2.10. The Labute approximate surface area is 118 Å². The Morgan fingerprint density at radius 2 is 1.45 bits per heavy atom. The summed E-state index contributed by atoms with van der Waals surface area (Å²) in [6.07, 6.45) is 2.79. The predicted molar refractivity (Wildman–Crippen MR) is 79.1 cm³/mol. The summed E-state index contributed by atoms with van der Waals surface area (Å²) in [7, 11) is 0. The van der Waals surface area contributed by atoms with Crippen LogP contribution in [-0.2, 0) is 17.6 Å². The van der Waals surface area contributed by atoms with Gasteiger partial charge < -0.3 is 0 Å². The van der Waals surface area contributed by atoms with Crippen LogP contribution in [0.4, 0.5) is 4.39 Å². The van der Waals surface area contributed by atoms with Gasteiger partial charge in [-0.2, -0.15) is 0 Å². The van der Waals surface area contributed by atoms with Crippen LogP contribution in [0.15, 0.2) is 72.6 Å². The zero-order valence-corrected chi connectivity index (χ0v) is 11.3. The van der Waals surface area contributed by atoms with E-state index in [1.165, 1.54) is 6.08 Å². The summed E-state index contributed by atoms with van der Waals surface area (Å²) in [4.78, 5) is 11.7. The fraction of sp³-hybridized carbons (Fsp3) is 0.167. The van der Waals surface area contributed by atoms with E-state index in [4.69, 9.17) is 0 Å². The summed E-state index contributed by atoms with van der Waals surface area (Å²) in [5.41, 5.74) is 1.98. The molecule has 0 unspecified atom stereocenters. The van der Waals surface area contributed by atoms with Crippen molar-refractivity contribution >= 4 is 5.78 Å². The summed E-state index contributed by atoms with van der Waals surface area (Å²) in [6.45, 7) is 0. The number of carbonyl (C=O) groups excluding carboxylic acids is 1. The Hall–Kier alpha value is -2.22. The molecule has 0 atom stereocenters. The van der Waals surface area contributed by atoms with Crippen molar-refractivity contribution < 1.29 is 9.18 Å². The number of halogens is 1. The van der Waals surface area contributed by atoms with Gasteiger partial charge in [0.2, 0.25) is 0 Å². The molecule has 0 aliphatic heterocycles. The van der Waals surface area contributed by atoms with E-state index in [1.54, 1.807) is 0 Å². The van der Waals surface area contributed by atoms with Crippen LogP contribution in [0, 0.1) is 0 Å². The molecule has 0 N–H and O–H groups in total. The topological polar surface area (TPSA) is 17.1 Å². The number of ketones is 1. The van der Waals surface area contributed by atoms with Crippen LogP contribution in [0.25, 0.3) is 0 Å². The molecule has 0 amide bonds. The first-order valence-corrected chi connectivity index (χ1v) is 6.72. The van der Waals surface area contributed by atoms with E-state index in [2.05, 4.69) is 0 Å². The van der Waals surface area contributed by atoms with E-state index in [0.29, 0.717) is 6.42 Å². The third-order valence-corrected chi connectivity index (χ3v) is 3.07. The quantitative estimate of drug-likeness (QED) is 0.714. The minimum Gasteiger partial charge on any atom is -0.291 e. The molecule has 0 heterocycles. The Morgan fingerprint density at radius 1 is 0.900 bits per heavy atom. The maximum absolute atomic E-state index is 13.7. The van der Waals surface area contributed by atoms with Gasteiger partial charge in [0.15, 0.2) is 11.6 Å². The number of Topliss-reactive ketones (excluding diaryl/α,β-unsaturated/α-hetero) is 1. The molecule has 0 radical (unpaired) electrons. The largest absolute Gasteiger partial charge is 0.291 e. The number of hydrogen-bond acceptors (Lipinski definition) is 1. The van der Waals surface area contributed by atoms with E-state index in [1.807, 2.05) is 60.7 Å². The van der Waals surface area contributed by atoms with E-state index in [-0.39, 0.29) is 6.42 Å². The van der Waals surface area contributed by atoms with Crippen molar-refractivity contribution in [3.05, 3.63) is 83.7 Å². The maximum Gasteiger partial charge on any atom is 0.195 e. The SMILES string of the molecule is O=C(Cc1ccccc1)/C(F)=C/CCc1ccccc1. The van der Waals surface area contributed by atoms with Gasteiger partial charge >= 0.3 is 0 Å². The molecule has 0 aromatic heterocycles. The molecule has 0 saturated carbocycles. The number of hydrogen-bond donors (Lipinski definition) is 0. The van der Waals surface area contributed by atoms with Crippen molar-refractivity contribution in [2.75, 3.05) is 0 Å². The van der Waals surface area contributed by atoms with Crippen LogP contribution in [0.5, 0.6) is 0 Å². The zero-order chi connectivity index (χ0) is 14.2.